The lowest BCUT2D eigenvalue weighted by molar-refractivity contribution is 0.645. The first-order valence-electron chi connectivity index (χ1n) is 4.98. The van der Waals surface area contributed by atoms with Crippen LogP contribution in [0.3, 0.4) is 0 Å². The summed E-state index contributed by atoms with van der Waals surface area (Å²) in [4.78, 5) is 10.5. The summed E-state index contributed by atoms with van der Waals surface area (Å²) in [6.45, 7) is 0. The Morgan fingerprint density at radius 3 is 2.71 bits per heavy atom. The molecule has 1 saturated carbocycles. The molecule has 0 atom stereocenters. The quantitative estimate of drug-likeness (QED) is 0.753. The minimum absolute atomic E-state index is 0.465. The second kappa shape index (κ2) is 4.13. The summed E-state index contributed by atoms with van der Waals surface area (Å²) < 4.78 is 0. The third-order valence-corrected chi connectivity index (χ3v) is 3.01. The van der Waals surface area contributed by atoms with Crippen LogP contribution in [0.25, 0.3) is 0 Å². The van der Waals surface area contributed by atoms with E-state index in [0.29, 0.717) is 11.2 Å². The van der Waals surface area contributed by atoms with E-state index in [9.17, 15) is 0 Å². The highest BCUT2D eigenvalue weighted by Gasteiger charge is 2.20. The molecule has 14 heavy (non-hydrogen) atoms. The fraction of sp³-hybridized carbons (Fsp3) is 0.600. The van der Waals surface area contributed by atoms with E-state index >= 15 is 0 Å². The highest BCUT2D eigenvalue weighted by molar-refractivity contribution is 6.29. The molecule has 0 aromatic carbocycles. The molecule has 1 heterocycles. The zero-order valence-electron chi connectivity index (χ0n) is 8.28. The monoisotopic (exact) mass is 211 g/mol. The fourth-order valence-corrected chi connectivity index (χ4v) is 2.12. The Morgan fingerprint density at radius 1 is 1.36 bits per heavy atom. The molecule has 1 aromatic rings. The van der Waals surface area contributed by atoms with Crippen molar-refractivity contribution in [1.29, 1.82) is 0 Å². The van der Waals surface area contributed by atoms with Crippen molar-refractivity contribution in [3.63, 3.8) is 0 Å². The van der Waals surface area contributed by atoms with Gasteiger partial charge in [-0.2, -0.15) is 0 Å². The predicted molar refractivity (Wildman–Crippen MR) is 57.7 cm³/mol. The summed E-state index contributed by atoms with van der Waals surface area (Å²) >= 11 is 5.80. The lowest BCUT2D eigenvalue weighted by Crippen LogP contribution is -2.29. The fourth-order valence-electron chi connectivity index (χ4n) is 1.98. The number of aromatic nitrogens is 2. The summed E-state index contributed by atoms with van der Waals surface area (Å²) in [6.07, 6.45) is 8.49. The van der Waals surface area contributed by atoms with E-state index in [-0.39, 0.29) is 0 Å². The van der Waals surface area contributed by atoms with Gasteiger partial charge in [0.15, 0.2) is 0 Å². The number of hydrogen-bond acceptors (Lipinski definition) is 3. The second-order valence-corrected chi connectivity index (χ2v) is 4.14. The molecule has 0 N–H and O–H groups in total. The van der Waals surface area contributed by atoms with Crippen LogP contribution in [0.15, 0.2) is 12.4 Å². The van der Waals surface area contributed by atoms with Gasteiger partial charge < -0.3 is 4.90 Å². The summed E-state index contributed by atoms with van der Waals surface area (Å²) in [5, 5.41) is 0.465. The molecule has 0 amide bonds. The lowest BCUT2D eigenvalue weighted by atomic mass is 10.2. The third kappa shape index (κ3) is 1.98. The summed E-state index contributed by atoms with van der Waals surface area (Å²) in [6, 6.07) is 0.614. The van der Waals surface area contributed by atoms with Gasteiger partial charge in [0.1, 0.15) is 11.0 Å². The van der Waals surface area contributed by atoms with Crippen molar-refractivity contribution in [3.8, 4) is 0 Å². The van der Waals surface area contributed by atoms with Crippen LogP contribution in [0.2, 0.25) is 5.15 Å². The van der Waals surface area contributed by atoms with Gasteiger partial charge in [0.2, 0.25) is 0 Å². The third-order valence-electron chi connectivity index (χ3n) is 2.83. The normalized spacial score (nSPS) is 17.3. The Hall–Kier alpha value is -0.830. The van der Waals surface area contributed by atoms with E-state index in [1.807, 2.05) is 0 Å². The molecule has 4 heteroatoms. The van der Waals surface area contributed by atoms with Crippen molar-refractivity contribution in [1.82, 2.24) is 9.97 Å². The van der Waals surface area contributed by atoms with Crippen LogP contribution >= 0.6 is 11.6 Å². The van der Waals surface area contributed by atoms with E-state index in [1.165, 1.54) is 25.7 Å². The van der Waals surface area contributed by atoms with Gasteiger partial charge in [-0.05, 0) is 12.8 Å². The van der Waals surface area contributed by atoms with E-state index < -0.39 is 0 Å². The van der Waals surface area contributed by atoms with Crippen LogP contribution in [0.5, 0.6) is 0 Å². The zero-order valence-corrected chi connectivity index (χ0v) is 9.04. The Morgan fingerprint density at radius 2 is 2.07 bits per heavy atom. The maximum Gasteiger partial charge on any atom is 0.149 e. The topological polar surface area (TPSA) is 29.0 Å². The first-order chi connectivity index (χ1) is 6.77. The van der Waals surface area contributed by atoms with Gasteiger partial charge in [-0.25, -0.2) is 4.98 Å². The van der Waals surface area contributed by atoms with Crippen LogP contribution in [0.1, 0.15) is 25.7 Å². The molecule has 1 fully saturated rings. The number of rotatable bonds is 2. The maximum atomic E-state index is 5.80. The first-order valence-corrected chi connectivity index (χ1v) is 5.35. The number of halogens is 1. The van der Waals surface area contributed by atoms with Gasteiger partial charge in [-0.15, -0.1) is 0 Å². The largest absolute Gasteiger partial charge is 0.355 e. The average Bonchev–Trinajstić information content (AvgIpc) is 2.69. The Bertz CT molecular complexity index is 310. The highest BCUT2D eigenvalue weighted by Crippen LogP contribution is 2.25. The van der Waals surface area contributed by atoms with Crippen molar-refractivity contribution in [2.24, 2.45) is 0 Å². The molecule has 0 spiro atoms. The van der Waals surface area contributed by atoms with E-state index in [2.05, 4.69) is 21.9 Å². The smallest absolute Gasteiger partial charge is 0.149 e. The molecule has 0 aliphatic heterocycles. The molecule has 1 aliphatic carbocycles. The summed E-state index contributed by atoms with van der Waals surface area (Å²) in [7, 11) is 2.07. The summed E-state index contributed by atoms with van der Waals surface area (Å²) in [5.41, 5.74) is 0. The van der Waals surface area contributed by atoms with E-state index in [4.69, 9.17) is 11.6 Å². The van der Waals surface area contributed by atoms with Crippen LogP contribution in [-0.4, -0.2) is 23.1 Å². The Labute approximate surface area is 89.1 Å². The molecule has 1 aliphatic rings. The SMILES string of the molecule is CN(c1cncc(Cl)n1)C1CCCC1. The Balaban J connectivity index is 2.13. The van der Waals surface area contributed by atoms with E-state index in [1.54, 1.807) is 12.4 Å². The molecule has 1 aromatic heterocycles. The second-order valence-electron chi connectivity index (χ2n) is 3.75. The van der Waals surface area contributed by atoms with Gasteiger partial charge in [-0.3, -0.25) is 4.98 Å². The van der Waals surface area contributed by atoms with Gasteiger partial charge >= 0.3 is 0 Å². The minimum atomic E-state index is 0.465. The van der Waals surface area contributed by atoms with Crippen molar-refractivity contribution in [2.75, 3.05) is 11.9 Å². The van der Waals surface area contributed by atoms with Crippen molar-refractivity contribution >= 4 is 17.4 Å². The number of anilines is 1. The lowest BCUT2D eigenvalue weighted by Gasteiger charge is -2.24. The Kier molecular flexibility index (Phi) is 2.87. The van der Waals surface area contributed by atoms with Gasteiger partial charge in [-0.1, -0.05) is 24.4 Å². The van der Waals surface area contributed by atoms with Crippen LogP contribution < -0.4 is 4.90 Å². The van der Waals surface area contributed by atoms with E-state index in [0.717, 1.165) is 5.82 Å². The molecule has 0 radical (unpaired) electrons. The van der Waals surface area contributed by atoms with Crippen LogP contribution in [-0.2, 0) is 0 Å². The number of hydrogen-bond donors (Lipinski definition) is 0. The highest BCUT2D eigenvalue weighted by atomic mass is 35.5. The molecule has 2 rings (SSSR count). The molecular formula is C10H14ClN3. The van der Waals surface area contributed by atoms with Crippen LogP contribution in [0, 0.1) is 0 Å². The average molecular weight is 212 g/mol. The standard InChI is InChI=1S/C10H14ClN3/c1-14(8-4-2-3-5-8)10-7-12-6-9(11)13-10/h6-8H,2-5H2,1H3. The maximum absolute atomic E-state index is 5.80. The summed E-state index contributed by atoms with van der Waals surface area (Å²) in [5.74, 6) is 0.879. The van der Waals surface area contributed by atoms with Gasteiger partial charge in [0.05, 0.1) is 12.4 Å². The van der Waals surface area contributed by atoms with Crippen molar-refractivity contribution < 1.29 is 0 Å². The van der Waals surface area contributed by atoms with Crippen molar-refractivity contribution in [3.05, 3.63) is 17.5 Å². The molecule has 0 unspecified atom stereocenters. The zero-order chi connectivity index (χ0) is 9.97. The first kappa shape index (κ1) is 9.71. The van der Waals surface area contributed by atoms with Gasteiger partial charge in [0.25, 0.3) is 0 Å². The molecule has 3 nitrogen and oxygen atoms in total. The minimum Gasteiger partial charge on any atom is -0.355 e. The van der Waals surface area contributed by atoms with Crippen LogP contribution in [0.4, 0.5) is 5.82 Å². The molecule has 0 saturated heterocycles. The molecular weight excluding hydrogens is 198 g/mol. The molecule has 0 bridgehead atoms. The number of nitrogens with zero attached hydrogens (tertiary/aromatic N) is 3. The van der Waals surface area contributed by atoms with Crippen molar-refractivity contribution in [2.45, 2.75) is 31.7 Å². The molecule has 76 valence electrons. The van der Waals surface area contributed by atoms with Gasteiger partial charge in [0, 0.05) is 13.1 Å². The predicted octanol–water partition coefficient (Wildman–Crippen LogP) is 2.51.